The van der Waals surface area contributed by atoms with Gasteiger partial charge in [0.2, 0.25) is 0 Å². The van der Waals surface area contributed by atoms with Crippen molar-refractivity contribution in [1.29, 1.82) is 0 Å². The predicted octanol–water partition coefficient (Wildman–Crippen LogP) is 2.67. The van der Waals surface area contributed by atoms with Crippen LogP contribution in [0.2, 0.25) is 0 Å². The fraction of sp³-hybridized carbons (Fsp3) is 0.308. The summed E-state index contributed by atoms with van der Waals surface area (Å²) in [6.45, 7) is 0. The van der Waals surface area contributed by atoms with Crippen LogP contribution in [0.25, 0.3) is 6.08 Å². The van der Waals surface area contributed by atoms with Gasteiger partial charge < -0.3 is 19.3 Å². The van der Waals surface area contributed by atoms with Crippen LogP contribution in [0.5, 0.6) is 5.75 Å². The molecule has 114 valence electrons. The molecule has 1 atom stereocenters. The van der Waals surface area contributed by atoms with Crippen molar-refractivity contribution < 1.29 is 37.3 Å². The molecule has 1 unspecified atom stereocenters. The smallest absolute Gasteiger partial charge is 0.464 e. The lowest BCUT2D eigenvalue weighted by Gasteiger charge is -2.38. The number of methoxy groups -OCH3 is 2. The van der Waals surface area contributed by atoms with Crippen LogP contribution >= 0.6 is 0 Å². The number of alkyl halides is 3. The SMILES string of the molecule is COC1=Cc2cccc(C(=O)O)c2OC1(OC)C(F)(F)F. The lowest BCUT2D eigenvalue weighted by molar-refractivity contribution is -0.337. The molecule has 0 fully saturated rings. The van der Waals surface area contributed by atoms with Crippen LogP contribution in [0, 0.1) is 0 Å². The zero-order valence-electron chi connectivity index (χ0n) is 11.0. The maximum absolute atomic E-state index is 13.3. The molecular weight excluding hydrogens is 293 g/mol. The van der Waals surface area contributed by atoms with E-state index in [2.05, 4.69) is 4.74 Å². The summed E-state index contributed by atoms with van der Waals surface area (Å²) in [5, 5.41) is 9.06. The molecule has 8 heteroatoms. The molecule has 0 saturated carbocycles. The first-order valence-corrected chi connectivity index (χ1v) is 5.70. The molecule has 2 rings (SSSR count). The largest absolute Gasteiger partial charge is 0.494 e. The number of halogens is 3. The van der Waals surface area contributed by atoms with Gasteiger partial charge in [-0.2, -0.15) is 13.2 Å². The average molecular weight is 304 g/mol. The maximum atomic E-state index is 13.3. The molecule has 0 spiro atoms. The molecule has 5 nitrogen and oxygen atoms in total. The zero-order chi connectivity index (χ0) is 15.8. The number of ether oxygens (including phenoxy) is 3. The van der Waals surface area contributed by atoms with E-state index < -0.39 is 35.0 Å². The predicted molar refractivity (Wildman–Crippen MR) is 64.8 cm³/mol. The summed E-state index contributed by atoms with van der Waals surface area (Å²) >= 11 is 0. The minimum atomic E-state index is -4.97. The highest BCUT2D eigenvalue weighted by Crippen LogP contribution is 2.46. The molecule has 0 aliphatic carbocycles. The van der Waals surface area contributed by atoms with E-state index in [-0.39, 0.29) is 5.56 Å². The van der Waals surface area contributed by atoms with Gasteiger partial charge in [-0.05, 0) is 12.1 Å². The molecule has 1 aromatic rings. The molecule has 0 saturated heterocycles. The summed E-state index contributed by atoms with van der Waals surface area (Å²) in [6.07, 6.45) is -3.92. The minimum absolute atomic E-state index is 0.156. The van der Waals surface area contributed by atoms with E-state index in [1.165, 1.54) is 12.1 Å². The molecule has 1 aliphatic heterocycles. The number of rotatable bonds is 3. The summed E-state index contributed by atoms with van der Waals surface area (Å²) in [5.74, 6) is -5.63. The topological polar surface area (TPSA) is 65.0 Å². The standard InChI is InChI=1S/C13H11F3O5/c1-19-9-6-7-4-3-5-8(11(17)18)10(7)21-12(9,20-2)13(14,15)16/h3-6H,1-2H3,(H,17,18). The number of aromatic carboxylic acids is 1. The number of carboxylic acid groups (broad SMARTS) is 1. The second-order valence-corrected chi connectivity index (χ2v) is 4.16. The van der Waals surface area contributed by atoms with Gasteiger partial charge in [-0.25, -0.2) is 4.79 Å². The second kappa shape index (κ2) is 4.96. The summed E-state index contributed by atoms with van der Waals surface area (Å²) in [7, 11) is 1.84. The molecule has 0 radical (unpaired) electrons. The van der Waals surface area contributed by atoms with Crippen LogP contribution in [-0.2, 0) is 9.47 Å². The van der Waals surface area contributed by atoms with Gasteiger partial charge in [0.05, 0.1) is 7.11 Å². The van der Waals surface area contributed by atoms with Crippen molar-refractivity contribution >= 4 is 12.0 Å². The van der Waals surface area contributed by atoms with E-state index in [0.717, 1.165) is 26.4 Å². The van der Waals surface area contributed by atoms with Gasteiger partial charge in [0.25, 0.3) is 0 Å². The summed E-state index contributed by atoms with van der Waals surface area (Å²) in [6, 6.07) is 3.95. The Kier molecular flexibility index (Phi) is 3.58. The van der Waals surface area contributed by atoms with Crippen LogP contribution in [-0.4, -0.2) is 37.3 Å². The van der Waals surface area contributed by atoms with Crippen LogP contribution < -0.4 is 4.74 Å². The Labute approximate surface area is 117 Å². The second-order valence-electron chi connectivity index (χ2n) is 4.16. The number of hydrogen-bond acceptors (Lipinski definition) is 4. The number of hydrogen-bond donors (Lipinski definition) is 1. The van der Waals surface area contributed by atoms with Crippen molar-refractivity contribution in [2.75, 3.05) is 14.2 Å². The van der Waals surface area contributed by atoms with Crippen molar-refractivity contribution in [2.45, 2.75) is 12.0 Å². The summed E-state index contributed by atoms with van der Waals surface area (Å²) in [5.41, 5.74) is -0.242. The minimum Gasteiger partial charge on any atom is -0.494 e. The Morgan fingerprint density at radius 3 is 2.48 bits per heavy atom. The number of carbonyl (C=O) groups is 1. The number of carboxylic acids is 1. The van der Waals surface area contributed by atoms with Gasteiger partial charge in [0, 0.05) is 12.7 Å². The van der Waals surface area contributed by atoms with Crippen molar-refractivity contribution in [3.8, 4) is 5.75 Å². The van der Waals surface area contributed by atoms with Crippen molar-refractivity contribution in [1.82, 2.24) is 0 Å². The molecule has 0 aromatic heterocycles. The lowest BCUT2D eigenvalue weighted by Crippen LogP contribution is -2.55. The van der Waals surface area contributed by atoms with Gasteiger partial charge in [0.1, 0.15) is 11.3 Å². The summed E-state index contributed by atoms with van der Waals surface area (Å²) in [4.78, 5) is 11.1. The first kappa shape index (κ1) is 15.2. The Balaban J connectivity index is 2.70. The average Bonchev–Trinajstić information content (AvgIpc) is 2.43. The highest BCUT2D eigenvalue weighted by Gasteiger charge is 2.64. The van der Waals surface area contributed by atoms with Gasteiger partial charge in [-0.15, -0.1) is 0 Å². The highest BCUT2D eigenvalue weighted by atomic mass is 19.4. The molecule has 1 N–H and O–H groups in total. The normalized spacial score (nSPS) is 21.1. The zero-order valence-corrected chi connectivity index (χ0v) is 11.0. The molecule has 0 amide bonds. The van der Waals surface area contributed by atoms with Gasteiger partial charge >= 0.3 is 17.9 Å². The van der Waals surface area contributed by atoms with Crippen molar-refractivity contribution in [3.63, 3.8) is 0 Å². The first-order chi connectivity index (χ1) is 9.76. The van der Waals surface area contributed by atoms with E-state index in [4.69, 9.17) is 14.6 Å². The Morgan fingerprint density at radius 2 is 2.00 bits per heavy atom. The molecule has 1 heterocycles. The van der Waals surface area contributed by atoms with E-state index in [0.29, 0.717) is 0 Å². The molecular formula is C13H11F3O5. The Morgan fingerprint density at radius 1 is 1.33 bits per heavy atom. The first-order valence-electron chi connectivity index (χ1n) is 5.70. The summed E-state index contributed by atoms with van der Waals surface area (Å²) < 4.78 is 54.2. The highest BCUT2D eigenvalue weighted by molar-refractivity contribution is 5.93. The third-order valence-electron chi connectivity index (χ3n) is 3.01. The fourth-order valence-electron chi connectivity index (χ4n) is 2.03. The molecule has 21 heavy (non-hydrogen) atoms. The van der Waals surface area contributed by atoms with Crippen molar-refractivity contribution in [2.24, 2.45) is 0 Å². The maximum Gasteiger partial charge on any atom is 0.464 e. The van der Waals surface area contributed by atoms with Gasteiger partial charge in [0.15, 0.2) is 5.76 Å². The fourth-order valence-corrected chi connectivity index (χ4v) is 2.03. The third-order valence-corrected chi connectivity index (χ3v) is 3.01. The van der Waals surface area contributed by atoms with Gasteiger partial charge in [-0.1, -0.05) is 12.1 Å². The molecule has 1 aromatic carbocycles. The van der Waals surface area contributed by atoms with E-state index in [9.17, 15) is 18.0 Å². The van der Waals surface area contributed by atoms with Crippen LogP contribution in [0.3, 0.4) is 0 Å². The van der Waals surface area contributed by atoms with Crippen molar-refractivity contribution in [3.05, 3.63) is 35.1 Å². The number of para-hydroxylation sites is 1. The van der Waals surface area contributed by atoms with Gasteiger partial charge in [-0.3, -0.25) is 0 Å². The molecule has 0 bridgehead atoms. The third kappa shape index (κ3) is 2.21. The number of fused-ring (bicyclic) bond motifs is 1. The Hall–Kier alpha value is -2.22. The lowest BCUT2D eigenvalue weighted by atomic mass is 10.0. The monoisotopic (exact) mass is 304 g/mol. The van der Waals surface area contributed by atoms with Crippen LogP contribution in [0.1, 0.15) is 15.9 Å². The number of benzene rings is 1. The van der Waals surface area contributed by atoms with E-state index >= 15 is 0 Å². The van der Waals surface area contributed by atoms with Crippen LogP contribution in [0.15, 0.2) is 24.0 Å². The van der Waals surface area contributed by atoms with E-state index in [1.54, 1.807) is 0 Å². The Bertz CT molecular complexity index is 608. The van der Waals surface area contributed by atoms with E-state index in [1.807, 2.05) is 0 Å². The van der Waals surface area contributed by atoms with Crippen LogP contribution in [0.4, 0.5) is 13.2 Å². The molecule has 1 aliphatic rings. The quantitative estimate of drug-likeness (QED) is 0.930.